The summed E-state index contributed by atoms with van der Waals surface area (Å²) in [7, 11) is 0. The van der Waals surface area contributed by atoms with Gasteiger partial charge in [0.2, 0.25) is 0 Å². The first-order chi connectivity index (χ1) is 13.0. The second-order valence-electron chi connectivity index (χ2n) is 6.25. The zero-order valence-electron chi connectivity index (χ0n) is 16.0. The van der Waals surface area contributed by atoms with E-state index in [9.17, 15) is 10.1 Å². The van der Waals surface area contributed by atoms with E-state index in [0.717, 1.165) is 41.0 Å². The molecule has 1 heterocycles. The van der Waals surface area contributed by atoms with E-state index in [2.05, 4.69) is 4.98 Å². The van der Waals surface area contributed by atoms with Crippen LogP contribution < -0.4 is 4.74 Å². The van der Waals surface area contributed by atoms with Gasteiger partial charge in [-0.15, -0.1) is 0 Å². The van der Waals surface area contributed by atoms with Crippen molar-refractivity contribution in [3.8, 4) is 11.8 Å². The predicted molar refractivity (Wildman–Crippen MR) is 104 cm³/mol. The molecule has 0 saturated carbocycles. The molecule has 27 heavy (non-hydrogen) atoms. The maximum absolute atomic E-state index is 12.0. The van der Waals surface area contributed by atoms with Crippen LogP contribution in [0.1, 0.15) is 42.1 Å². The number of hydrogen-bond acceptors (Lipinski definition) is 5. The summed E-state index contributed by atoms with van der Waals surface area (Å²) in [4.78, 5) is 16.3. The SMILES string of the molecule is CCCCOC(=O)C(C#N)=Cc1cc(C)c(OCc2ccccn2)c(C)c1. The molecule has 0 aliphatic heterocycles. The molecule has 5 heteroatoms. The molecular weight excluding hydrogens is 340 g/mol. The lowest BCUT2D eigenvalue weighted by Gasteiger charge is -2.13. The van der Waals surface area contributed by atoms with Crippen LogP contribution in [-0.4, -0.2) is 17.6 Å². The average molecular weight is 364 g/mol. The lowest BCUT2D eigenvalue weighted by Crippen LogP contribution is -2.08. The number of benzene rings is 1. The summed E-state index contributed by atoms with van der Waals surface area (Å²) in [5.41, 5.74) is 3.45. The van der Waals surface area contributed by atoms with Gasteiger partial charge in [0.25, 0.3) is 0 Å². The molecule has 0 amide bonds. The largest absolute Gasteiger partial charge is 0.487 e. The van der Waals surface area contributed by atoms with Gasteiger partial charge in [0.15, 0.2) is 0 Å². The normalized spacial score (nSPS) is 11.0. The number of unbranched alkanes of at least 4 members (excludes halogenated alkanes) is 1. The molecule has 0 atom stereocenters. The van der Waals surface area contributed by atoms with Gasteiger partial charge in [-0.2, -0.15) is 5.26 Å². The molecule has 0 aliphatic rings. The highest BCUT2D eigenvalue weighted by Crippen LogP contribution is 2.26. The van der Waals surface area contributed by atoms with E-state index in [4.69, 9.17) is 9.47 Å². The Balaban J connectivity index is 2.14. The Morgan fingerprint density at radius 1 is 1.26 bits per heavy atom. The summed E-state index contributed by atoms with van der Waals surface area (Å²) < 4.78 is 11.0. The minimum atomic E-state index is -0.586. The molecule has 5 nitrogen and oxygen atoms in total. The van der Waals surface area contributed by atoms with Crippen LogP contribution in [0.15, 0.2) is 42.1 Å². The monoisotopic (exact) mass is 364 g/mol. The Morgan fingerprint density at radius 2 is 2.00 bits per heavy atom. The molecule has 0 unspecified atom stereocenters. The van der Waals surface area contributed by atoms with Gasteiger partial charge >= 0.3 is 5.97 Å². The van der Waals surface area contributed by atoms with E-state index in [1.807, 2.05) is 57.2 Å². The third-order valence-corrected chi connectivity index (χ3v) is 3.96. The van der Waals surface area contributed by atoms with Crippen LogP contribution in [0.4, 0.5) is 0 Å². The number of ether oxygens (including phenoxy) is 2. The van der Waals surface area contributed by atoms with E-state index in [1.165, 1.54) is 0 Å². The molecule has 2 aromatic rings. The second kappa shape index (κ2) is 10.1. The van der Waals surface area contributed by atoms with Crippen molar-refractivity contribution in [1.29, 1.82) is 5.26 Å². The highest BCUT2D eigenvalue weighted by Gasteiger charge is 2.12. The Labute approximate surface area is 160 Å². The summed E-state index contributed by atoms with van der Waals surface area (Å²) in [5, 5.41) is 9.27. The number of carbonyl (C=O) groups excluding carboxylic acids is 1. The van der Waals surface area contributed by atoms with Crippen molar-refractivity contribution in [2.24, 2.45) is 0 Å². The van der Waals surface area contributed by atoms with Crippen molar-refractivity contribution in [3.63, 3.8) is 0 Å². The van der Waals surface area contributed by atoms with E-state index < -0.39 is 5.97 Å². The van der Waals surface area contributed by atoms with Gasteiger partial charge in [-0.1, -0.05) is 19.4 Å². The zero-order valence-corrected chi connectivity index (χ0v) is 16.0. The molecule has 0 N–H and O–H groups in total. The van der Waals surface area contributed by atoms with Gasteiger partial charge in [-0.25, -0.2) is 4.79 Å². The summed E-state index contributed by atoms with van der Waals surface area (Å²) in [6.07, 6.45) is 4.99. The van der Waals surface area contributed by atoms with Crippen LogP contribution in [-0.2, 0) is 16.1 Å². The first-order valence-electron chi connectivity index (χ1n) is 8.98. The van der Waals surface area contributed by atoms with Crippen molar-refractivity contribution in [2.45, 2.75) is 40.2 Å². The van der Waals surface area contributed by atoms with Gasteiger partial charge in [0, 0.05) is 6.20 Å². The van der Waals surface area contributed by atoms with E-state index in [-0.39, 0.29) is 5.57 Å². The van der Waals surface area contributed by atoms with Gasteiger partial charge in [0.1, 0.15) is 24.0 Å². The van der Waals surface area contributed by atoms with Crippen LogP contribution >= 0.6 is 0 Å². The van der Waals surface area contributed by atoms with Crippen molar-refractivity contribution in [2.75, 3.05) is 6.61 Å². The Hall–Kier alpha value is -3.13. The lowest BCUT2D eigenvalue weighted by atomic mass is 10.0. The average Bonchev–Trinajstić information content (AvgIpc) is 2.66. The second-order valence-corrected chi connectivity index (χ2v) is 6.25. The number of rotatable bonds is 8. The molecule has 140 valence electrons. The summed E-state index contributed by atoms with van der Waals surface area (Å²) in [5.74, 6) is 0.193. The minimum Gasteiger partial charge on any atom is -0.487 e. The standard InChI is InChI=1S/C22H24N2O3/c1-4-5-10-26-22(25)19(14-23)13-18-11-16(2)21(17(3)12-18)27-15-20-8-6-7-9-24-20/h6-9,11-13H,4-5,10,15H2,1-3H3. The minimum absolute atomic E-state index is 0.00735. The van der Waals surface area contributed by atoms with Crippen LogP contribution in [0.3, 0.4) is 0 Å². The summed E-state index contributed by atoms with van der Waals surface area (Å²) in [6.45, 7) is 6.59. The molecule has 2 rings (SSSR count). The Bertz CT molecular complexity index is 829. The lowest BCUT2D eigenvalue weighted by molar-refractivity contribution is -0.138. The van der Waals surface area contributed by atoms with Gasteiger partial charge in [-0.05, 0) is 67.3 Å². The number of hydrogen-bond donors (Lipinski definition) is 0. The number of esters is 1. The van der Waals surface area contributed by atoms with Crippen molar-refractivity contribution >= 4 is 12.0 Å². The molecule has 0 saturated heterocycles. The fourth-order valence-corrected chi connectivity index (χ4v) is 2.61. The number of aromatic nitrogens is 1. The first-order valence-corrected chi connectivity index (χ1v) is 8.98. The topological polar surface area (TPSA) is 72.2 Å². The van der Waals surface area contributed by atoms with Gasteiger partial charge in [-0.3, -0.25) is 4.98 Å². The van der Waals surface area contributed by atoms with Crippen LogP contribution in [0.25, 0.3) is 6.08 Å². The number of carbonyl (C=O) groups is 1. The summed E-state index contributed by atoms with van der Waals surface area (Å²) in [6, 6.07) is 11.4. The highest BCUT2D eigenvalue weighted by atomic mass is 16.5. The number of pyridine rings is 1. The first kappa shape index (κ1) is 20.2. The fraction of sp³-hybridized carbons (Fsp3) is 0.318. The summed E-state index contributed by atoms with van der Waals surface area (Å²) >= 11 is 0. The van der Waals surface area contributed by atoms with E-state index in [0.29, 0.717) is 13.2 Å². The molecule has 0 fully saturated rings. The molecule has 0 bridgehead atoms. The molecule has 1 aromatic carbocycles. The fourth-order valence-electron chi connectivity index (χ4n) is 2.61. The van der Waals surface area contributed by atoms with Crippen molar-refractivity contribution in [1.82, 2.24) is 4.98 Å². The predicted octanol–water partition coefficient (Wildman–Crippen LogP) is 4.53. The maximum Gasteiger partial charge on any atom is 0.348 e. The van der Waals surface area contributed by atoms with Crippen molar-refractivity contribution in [3.05, 3.63) is 64.5 Å². The van der Waals surface area contributed by atoms with Crippen molar-refractivity contribution < 1.29 is 14.3 Å². The third-order valence-electron chi connectivity index (χ3n) is 3.96. The van der Waals surface area contributed by atoms with Gasteiger partial charge in [0.05, 0.1) is 12.3 Å². The third kappa shape index (κ3) is 5.96. The van der Waals surface area contributed by atoms with Crippen LogP contribution in [0.5, 0.6) is 5.75 Å². The molecule has 0 aliphatic carbocycles. The zero-order chi connectivity index (χ0) is 19.6. The maximum atomic E-state index is 12.0. The molecule has 1 aromatic heterocycles. The quantitative estimate of drug-likeness (QED) is 0.298. The van der Waals surface area contributed by atoms with E-state index >= 15 is 0 Å². The smallest absolute Gasteiger partial charge is 0.348 e. The van der Waals surface area contributed by atoms with Crippen LogP contribution in [0, 0.1) is 25.2 Å². The number of nitriles is 1. The number of aryl methyl sites for hydroxylation is 2. The molecular formula is C22H24N2O3. The van der Waals surface area contributed by atoms with Crippen LogP contribution in [0.2, 0.25) is 0 Å². The molecule has 0 radical (unpaired) electrons. The molecule has 0 spiro atoms. The van der Waals surface area contributed by atoms with Gasteiger partial charge < -0.3 is 9.47 Å². The Kier molecular flexibility index (Phi) is 7.57. The number of nitrogens with zero attached hydrogens (tertiary/aromatic N) is 2. The van der Waals surface area contributed by atoms with E-state index in [1.54, 1.807) is 12.3 Å². The highest BCUT2D eigenvalue weighted by molar-refractivity contribution is 5.97. The Morgan fingerprint density at radius 3 is 2.59 bits per heavy atom.